The average Bonchev–Trinajstić information content (AvgIpc) is 3.20. The van der Waals surface area contributed by atoms with Crippen molar-refractivity contribution in [3.63, 3.8) is 0 Å². The maximum absolute atomic E-state index is 12.5. The van der Waals surface area contributed by atoms with Gasteiger partial charge in [0.25, 0.3) is 15.0 Å². The van der Waals surface area contributed by atoms with Crippen molar-refractivity contribution < 1.29 is 13.2 Å². The zero-order valence-electron chi connectivity index (χ0n) is 11.9. The lowest BCUT2D eigenvalue weighted by Crippen LogP contribution is -2.32. The fraction of sp³-hybridized carbons (Fsp3) is 0.500. The highest BCUT2D eigenvalue weighted by atomic mass is 35.7. The van der Waals surface area contributed by atoms with Crippen LogP contribution in [0.1, 0.15) is 35.7 Å². The van der Waals surface area contributed by atoms with E-state index in [-0.39, 0.29) is 21.4 Å². The number of benzene rings is 1. The maximum atomic E-state index is 12.5. The van der Waals surface area contributed by atoms with Crippen molar-refractivity contribution in [3.05, 3.63) is 28.3 Å². The van der Waals surface area contributed by atoms with E-state index in [0.717, 1.165) is 12.8 Å². The quantitative estimate of drug-likeness (QED) is 0.765. The third-order valence-corrected chi connectivity index (χ3v) is 5.49. The van der Waals surface area contributed by atoms with Crippen LogP contribution in [-0.2, 0) is 9.05 Å². The number of nitrogens with zero attached hydrogens (tertiary/aromatic N) is 1. The highest BCUT2D eigenvalue weighted by Crippen LogP contribution is 2.31. The van der Waals surface area contributed by atoms with Crippen LogP contribution >= 0.6 is 22.3 Å². The van der Waals surface area contributed by atoms with Gasteiger partial charge in [0.2, 0.25) is 0 Å². The van der Waals surface area contributed by atoms with Gasteiger partial charge in [-0.15, -0.1) is 0 Å². The van der Waals surface area contributed by atoms with Crippen molar-refractivity contribution in [3.8, 4) is 0 Å². The molecule has 0 bridgehead atoms. The largest absolute Gasteiger partial charge is 0.339 e. The zero-order valence-corrected chi connectivity index (χ0v) is 14.2. The van der Waals surface area contributed by atoms with Crippen molar-refractivity contribution in [1.82, 2.24) is 4.90 Å². The van der Waals surface area contributed by atoms with Crippen LogP contribution in [0.2, 0.25) is 5.02 Å². The molecule has 0 heterocycles. The zero-order chi connectivity index (χ0) is 15.8. The second-order valence-corrected chi connectivity index (χ2v) is 8.25. The molecule has 0 aromatic heterocycles. The molecule has 1 aromatic rings. The minimum absolute atomic E-state index is 0.109. The first-order chi connectivity index (χ1) is 9.74. The van der Waals surface area contributed by atoms with Gasteiger partial charge in [0, 0.05) is 34.4 Å². The third-order valence-electron chi connectivity index (χ3n) is 3.65. The molecule has 0 spiro atoms. The summed E-state index contributed by atoms with van der Waals surface area (Å²) >= 11 is 6.04. The van der Waals surface area contributed by atoms with Gasteiger partial charge >= 0.3 is 0 Å². The summed E-state index contributed by atoms with van der Waals surface area (Å²) in [6, 6.07) is 2.81. The summed E-state index contributed by atoms with van der Waals surface area (Å²) in [5, 5.41) is 0.225. The Morgan fingerprint density at radius 3 is 2.48 bits per heavy atom. The van der Waals surface area contributed by atoms with E-state index in [1.165, 1.54) is 12.1 Å². The predicted molar refractivity (Wildman–Crippen MR) is 83.5 cm³/mol. The Morgan fingerprint density at radius 1 is 1.38 bits per heavy atom. The summed E-state index contributed by atoms with van der Waals surface area (Å²) < 4.78 is 23.2. The number of carbonyl (C=O) groups excluding carboxylic acids is 1. The van der Waals surface area contributed by atoms with Gasteiger partial charge in [-0.25, -0.2) is 8.42 Å². The summed E-state index contributed by atoms with van der Waals surface area (Å²) in [6.07, 6.45) is 2.28. The Hall–Kier alpha value is -0.780. The van der Waals surface area contributed by atoms with Gasteiger partial charge in [0.05, 0.1) is 4.90 Å². The van der Waals surface area contributed by atoms with E-state index in [4.69, 9.17) is 22.3 Å². The van der Waals surface area contributed by atoms with Gasteiger partial charge in [-0.1, -0.05) is 11.6 Å². The lowest BCUT2D eigenvalue weighted by Gasteiger charge is -2.21. The minimum Gasteiger partial charge on any atom is -0.339 e. The maximum Gasteiger partial charge on any atom is 0.261 e. The van der Waals surface area contributed by atoms with Gasteiger partial charge in [-0.05, 0) is 50.3 Å². The Labute approximate surface area is 134 Å². The second-order valence-electron chi connectivity index (χ2n) is 5.31. The molecule has 1 aliphatic carbocycles. The van der Waals surface area contributed by atoms with Crippen molar-refractivity contribution in [2.24, 2.45) is 5.92 Å². The molecule has 0 atom stereocenters. The standard InChI is InChI=1S/C14H17Cl2NO3S/c1-3-17(8-10-4-5-10)14(18)11-6-12(15)9(2)13(7-11)21(16,19)20/h6-7,10H,3-5,8H2,1-2H3. The molecule has 0 unspecified atom stereocenters. The van der Waals surface area contributed by atoms with E-state index in [1.54, 1.807) is 11.8 Å². The summed E-state index contributed by atoms with van der Waals surface area (Å²) in [5.41, 5.74) is 0.612. The van der Waals surface area contributed by atoms with Gasteiger partial charge in [0.1, 0.15) is 0 Å². The van der Waals surface area contributed by atoms with Gasteiger partial charge in [0.15, 0.2) is 0 Å². The number of halogens is 2. The average molecular weight is 350 g/mol. The molecule has 1 aromatic carbocycles. The summed E-state index contributed by atoms with van der Waals surface area (Å²) in [4.78, 5) is 14.1. The van der Waals surface area contributed by atoms with Crippen LogP contribution in [0.25, 0.3) is 0 Å². The number of amides is 1. The van der Waals surface area contributed by atoms with E-state index in [2.05, 4.69) is 0 Å². The molecule has 4 nitrogen and oxygen atoms in total. The molecule has 21 heavy (non-hydrogen) atoms. The highest BCUT2D eigenvalue weighted by Gasteiger charge is 2.27. The van der Waals surface area contributed by atoms with E-state index >= 15 is 0 Å². The van der Waals surface area contributed by atoms with E-state index in [9.17, 15) is 13.2 Å². The monoisotopic (exact) mass is 349 g/mol. The van der Waals surface area contributed by atoms with Crippen molar-refractivity contribution in [1.29, 1.82) is 0 Å². The summed E-state index contributed by atoms with van der Waals surface area (Å²) in [6.45, 7) is 4.73. The van der Waals surface area contributed by atoms with E-state index < -0.39 is 9.05 Å². The van der Waals surface area contributed by atoms with Gasteiger partial charge in [-0.2, -0.15) is 0 Å². The molecule has 1 amide bonds. The van der Waals surface area contributed by atoms with Gasteiger partial charge in [-0.3, -0.25) is 4.79 Å². The van der Waals surface area contributed by atoms with Crippen LogP contribution in [-0.4, -0.2) is 32.3 Å². The first-order valence-electron chi connectivity index (χ1n) is 6.78. The van der Waals surface area contributed by atoms with Crippen molar-refractivity contribution >= 4 is 37.2 Å². The number of hydrogen-bond donors (Lipinski definition) is 0. The molecule has 0 radical (unpaired) electrons. The fourth-order valence-electron chi connectivity index (χ4n) is 2.18. The number of hydrogen-bond acceptors (Lipinski definition) is 3. The molecule has 1 saturated carbocycles. The lowest BCUT2D eigenvalue weighted by molar-refractivity contribution is 0.0756. The Kier molecular flexibility index (Phi) is 4.85. The molecule has 7 heteroatoms. The van der Waals surface area contributed by atoms with Crippen molar-refractivity contribution in [2.45, 2.75) is 31.6 Å². The highest BCUT2D eigenvalue weighted by molar-refractivity contribution is 8.13. The molecular weight excluding hydrogens is 333 g/mol. The summed E-state index contributed by atoms with van der Waals surface area (Å²) in [5.74, 6) is 0.346. The normalized spacial score (nSPS) is 15.0. The molecule has 2 rings (SSSR count). The number of rotatable bonds is 5. The molecule has 0 aliphatic heterocycles. The van der Waals surface area contributed by atoms with Crippen LogP contribution in [0.5, 0.6) is 0 Å². The first kappa shape index (κ1) is 16.6. The molecule has 1 aliphatic rings. The lowest BCUT2D eigenvalue weighted by atomic mass is 10.1. The third kappa shape index (κ3) is 3.90. The Morgan fingerprint density at radius 2 is 2.00 bits per heavy atom. The van der Waals surface area contributed by atoms with Gasteiger partial charge < -0.3 is 4.90 Å². The Bertz CT molecular complexity index is 669. The van der Waals surface area contributed by atoms with Crippen LogP contribution in [0.3, 0.4) is 0 Å². The fourth-order valence-corrected chi connectivity index (χ4v) is 3.68. The van der Waals surface area contributed by atoms with Crippen LogP contribution in [0, 0.1) is 12.8 Å². The number of carbonyl (C=O) groups is 1. The van der Waals surface area contributed by atoms with E-state index in [0.29, 0.717) is 24.6 Å². The minimum atomic E-state index is -3.94. The topological polar surface area (TPSA) is 54.5 Å². The molecule has 116 valence electrons. The summed E-state index contributed by atoms with van der Waals surface area (Å²) in [7, 11) is 1.47. The second kappa shape index (κ2) is 6.15. The molecule has 1 fully saturated rings. The van der Waals surface area contributed by atoms with Crippen LogP contribution in [0.4, 0.5) is 0 Å². The SMILES string of the molecule is CCN(CC1CC1)C(=O)c1cc(Cl)c(C)c(S(=O)(=O)Cl)c1. The first-order valence-corrected chi connectivity index (χ1v) is 9.46. The molecular formula is C14H17Cl2NO3S. The van der Waals surface area contributed by atoms with Crippen LogP contribution < -0.4 is 0 Å². The Balaban J connectivity index is 2.38. The molecule has 0 saturated heterocycles. The van der Waals surface area contributed by atoms with Crippen LogP contribution in [0.15, 0.2) is 17.0 Å². The molecule has 0 N–H and O–H groups in total. The van der Waals surface area contributed by atoms with E-state index in [1.807, 2.05) is 6.92 Å². The van der Waals surface area contributed by atoms with Crippen molar-refractivity contribution in [2.75, 3.05) is 13.1 Å². The predicted octanol–water partition coefficient (Wildman–Crippen LogP) is 3.45. The smallest absolute Gasteiger partial charge is 0.261 e.